The molecular formula is C13H24N2O3. The first kappa shape index (κ1) is 15.0. The second kappa shape index (κ2) is 7.36. The fraction of sp³-hybridized carbons (Fsp3) is 0.846. The zero-order chi connectivity index (χ0) is 13.5. The number of amides is 1. The highest BCUT2D eigenvalue weighted by Gasteiger charge is 2.24. The minimum Gasteiger partial charge on any atom is -0.481 e. The minimum atomic E-state index is -0.851. The number of carboxylic acids is 1. The molecule has 0 radical (unpaired) electrons. The first-order valence-corrected chi connectivity index (χ1v) is 6.76. The van der Waals surface area contributed by atoms with E-state index in [0.717, 1.165) is 25.9 Å². The van der Waals surface area contributed by atoms with E-state index in [2.05, 4.69) is 5.32 Å². The molecule has 0 aliphatic carbocycles. The molecule has 1 rings (SSSR count). The lowest BCUT2D eigenvalue weighted by Crippen LogP contribution is -2.41. The Labute approximate surface area is 109 Å². The highest BCUT2D eigenvalue weighted by Crippen LogP contribution is 2.18. The average molecular weight is 256 g/mol. The number of carbonyl (C=O) groups excluding carboxylic acids is 1. The maximum Gasteiger partial charge on any atom is 0.305 e. The van der Waals surface area contributed by atoms with E-state index in [9.17, 15) is 9.59 Å². The van der Waals surface area contributed by atoms with E-state index in [1.54, 1.807) is 11.8 Å². The van der Waals surface area contributed by atoms with Crippen molar-refractivity contribution in [3.63, 3.8) is 0 Å². The maximum atomic E-state index is 12.2. The lowest BCUT2D eigenvalue weighted by atomic mass is 9.94. The lowest BCUT2D eigenvalue weighted by Gasteiger charge is -2.30. The molecule has 0 spiro atoms. The van der Waals surface area contributed by atoms with E-state index in [-0.39, 0.29) is 18.4 Å². The van der Waals surface area contributed by atoms with Gasteiger partial charge in [-0.25, -0.2) is 0 Å². The first-order chi connectivity index (χ1) is 8.54. The number of aliphatic carboxylic acids is 1. The van der Waals surface area contributed by atoms with Gasteiger partial charge >= 0.3 is 5.97 Å². The molecule has 1 unspecified atom stereocenters. The van der Waals surface area contributed by atoms with Gasteiger partial charge in [-0.2, -0.15) is 0 Å². The zero-order valence-corrected chi connectivity index (χ0v) is 11.3. The Morgan fingerprint density at radius 2 is 2.00 bits per heavy atom. The van der Waals surface area contributed by atoms with Crippen LogP contribution in [0.5, 0.6) is 0 Å². The van der Waals surface area contributed by atoms with Crippen molar-refractivity contribution in [2.45, 2.75) is 45.6 Å². The van der Waals surface area contributed by atoms with Gasteiger partial charge in [0, 0.05) is 19.0 Å². The van der Waals surface area contributed by atoms with Gasteiger partial charge in [0.2, 0.25) is 5.91 Å². The van der Waals surface area contributed by atoms with Crippen molar-refractivity contribution in [2.24, 2.45) is 5.92 Å². The molecular weight excluding hydrogens is 232 g/mol. The lowest BCUT2D eigenvalue weighted by molar-refractivity contribution is -0.140. The molecule has 104 valence electrons. The van der Waals surface area contributed by atoms with Gasteiger partial charge in [-0.15, -0.1) is 0 Å². The molecule has 1 aliphatic heterocycles. The van der Waals surface area contributed by atoms with Gasteiger partial charge in [0.1, 0.15) is 0 Å². The number of hydrogen-bond donors (Lipinski definition) is 2. The third-order valence-electron chi connectivity index (χ3n) is 3.59. The van der Waals surface area contributed by atoms with Gasteiger partial charge in [-0.05, 0) is 45.7 Å². The molecule has 0 aromatic heterocycles. The van der Waals surface area contributed by atoms with Gasteiger partial charge in [-0.3, -0.25) is 9.59 Å². The summed E-state index contributed by atoms with van der Waals surface area (Å²) in [6.45, 7) is 6.25. The summed E-state index contributed by atoms with van der Waals surface area (Å²) in [7, 11) is 0. The molecule has 5 nitrogen and oxygen atoms in total. The maximum absolute atomic E-state index is 12.2. The minimum absolute atomic E-state index is 0.0196. The molecule has 5 heteroatoms. The van der Waals surface area contributed by atoms with Crippen LogP contribution in [0, 0.1) is 5.92 Å². The topological polar surface area (TPSA) is 69.6 Å². The fourth-order valence-corrected chi connectivity index (χ4v) is 2.55. The molecule has 0 bridgehead atoms. The summed E-state index contributed by atoms with van der Waals surface area (Å²) in [6, 6.07) is -0.221. The van der Waals surface area contributed by atoms with Crippen molar-refractivity contribution in [1.29, 1.82) is 0 Å². The smallest absolute Gasteiger partial charge is 0.305 e. The summed E-state index contributed by atoms with van der Waals surface area (Å²) in [5.41, 5.74) is 0. The van der Waals surface area contributed by atoms with Gasteiger partial charge in [0.05, 0.1) is 6.42 Å². The molecule has 1 atom stereocenters. The van der Waals surface area contributed by atoms with Crippen molar-refractivity contribution in [3.8, 4) is 0 Å². The predicted molar refractivity (Wildman–Crippen MR) is 69.3 cm³/mol. The normalized spacial score (nSPS) is 18.3. The number of nitrogens with one attached hydrogen (secondary N) is 1. The van der Waals surface area contributed by atoms with Crippen LogP contribution in [0.4, 0.5) is 0 Å². The van der Waals surface area contributed by atoms with Crippen LogP contribution >= 0.6 is 0 Å². The Morgan fingerprint density at radius 1 is 1.39 bits per heavy atom. The monoisotopic (exact) mass is 256 g/mol. The summed E-state index contributed by atoms with van der Waals surface area (Å²) >= 11 is 0. The Morgan fingerprint density at radius 3 is 2.50 bits per heavy atom. The van der Waals surface area contributed by atoms with Crippen LogP contribution in [-0.4, -0.2) is 47.6 Å². The van der Waals surface area contributed by atoms with E-state index in [1.807, 2.05) is 6.92 Å². The van der Waals surface area contributed by atoms with Crippen LogP contribution in [0.1, 0.15) is 39.5 Å². The molecule has 18 heavy (non-hydrogen) atoms. The highest BCUT2D eigenvalue weighted by atomic mass is 16.4. The summed E-state index contributed by atoms with van der Waals surface area (Å²) in [5, 5.41) is 12.1. The predicted octanol–water partition coefficient (Wildman–Crippen LogP) is 1.09. The van der Waals surface area contributed by atoms with E-state index >= 15 is 0 Å². The number of rotatable bonds is 6. The molecule has 1 heterocycles. The summed E-state index contributed by atoms with van der Waals surface area (Å²) in [5.74, 6) is -0.307. The van der Waals surface area contributed by atoms with Crippen LogP contribution in [0.2, 0.25) is 0 Å². The third kappa shape index (κ3) is 4.64. The van der Waals surface area contributed by atoms with E-state index < -0.39 is 5.97 Å². The van der Waals surface area contributed by atoms with E-state index in [1.165, 1.54) is 0 Å². The zero-order valence-electron chi connectivity index (χ0n) is 11.3. The average Bonchev–Trinajstić information content (AvgIpc) is 2.30. The van der Waals surface area contributed by atoms with Crippen LogP contribution < -0.4 is 5.32 Å². The molecule has 2 N–H and O–H groups in total. The molecule has 0 aromatic rings. The summed E-state index contributed by atoms with van der Waals surface area (Å²) in [6.07, 6.45) is 2.65. The van der Waals surface area contributed by atoms with Crippen molar-refractivity contribution in [3.05, 3.63) is 0 Å². The van der Waals surface area contributed by atoms with Crippen LogP contribution in [0.25, 0.3) is 0 Å². The summed E-state index contributed by atoms with van der Waals surface area (Å²) in [4.78, 5) is 24.6. The Balaban J connectivity index is 2.47. The largest absolute Gasteiger partial charge is 0.481 e. The van der Waals surface area contributed by atoms with Crippen LogP contribution in [0.3, 0.4) is 0 Å². The van der Waals surface area contributed by atoms with Crippen molar-refractivity contribution < 1.29 is 14.7 Å². The fourth-order valence-electron chi connectivity index (χ4n) is 2.55. The van der Waals surface area contributed by atoms with Crippen LogP contribution in [0.15, 0.2) is 0 Å². The standard InChI is InChI=1S/C13H24N2O3/c1-3-15(10(2)8-13(17)18)12(16)9-11-4-6-14-7-5-11/h10-11,14H,3-9H2,1-2H3,(H,17,18). The number of piperidine rings is 1. The van der Waals surface area contributed by atoms with E-state index in [4.69, 9.17) is 5.11 Å². The van der Waals surface area contributed by atoms with Crippen molar-refractivity contribution >= 4 is 11.9 Å². The molecule has 1 aliphatic rings. The number of carboxylic acid groups (broad SMARTS) is 1. The van der Waals surface area contributed by atoms with E-state index in [0.29, 0.717) is 18.9 Å². The van der Waals surface area contributed by atoms with Gasteiger partial charge in [0.15, 0.2) is 0 Å². The van der Waals surface area contributed by atoms with Gasteiger partial charge in [-0.1, -0.05) is 0 Å². The third-order valence-corrected chi connectivity index (χ3v) is 3.59. The molecule has 1 fully saturated rings. The molecule has 0 aromatic carbocycles. The second-order valence-corrected chi connectivity index (χ2v) is 5.02. The molecule has 0 saturated carbocycles. The SMILES string of the molecule is CCN(C(=O)CC1CCNCC1)C(C)CC(=O)O. The van der Waals surface area contributed by atoms with Crippen molar-refractivity contribution in [1.82, 2.24) is 10.2 Å². The summed E-state index contributed by atoms with van der Waals surface area (Å²) < 4.78 is 0. The van der Waals surface area contributed by atoms with Gasteiger partial charge < -0.3 is 15.3 Å². The Hall–Kier alpha value is -1.10. The molecule has 1 saturated heterocycles. The second-order valence-electron chi connectivity index (χ2n) is 5.02. The quantitative estimate of drug-likeness (QED) is 0.746. The van der Waals surface area contributed by atoms with Gasteiger partial charge in [0.25, 0.3) is 0 Å². The number of nitrogens with zero attached hydrogens (tertiary/aromatic N) is 1. The van der Waals surface area contributed by atoms with Crippen molar-refractivity contribution in [2.75, 3.05) is 19.6 Å². The highest BCUT2D eigenvalue weighted by molar-refractivity contribution is 5.77. The van der Waals surface area contributed by atoms with Crippen LogP contribution in [-0.2, 0) is 9.59 Å². The Bertz CT molecular complexity index is 288. The number of carbonyl (C=O) groups is 2. The number of hydrogen-bond acceptors (Lipinski definition) is 3. The Kier molecular flexibility index (Phi) is 6.12. The molecule has 1 amide bonds. The first-order valence-electron chi connectivity index (χ1n) is 6.76.